The monoisotopic (exact) mass is 344 g/mol. The number of nitro benzene ring substituents is 1. The number of ether oxygens (including phenoxy) is 2. The molecule has 0 aliphatic carbocycles. The summed E-state index contributed by atoms with van der Waals surface area (Å²) in [4.78, 5) is 12.7. The third-order valence-corrected chi connectivity index (χ3v) is 4.46. The van der Waals surface area contributed by atoms with Gasteiger partial charge in [-0.1, -0.05) is 12.1 Å². The van der Waals surface area contributed by atoms with Gasteiger partial charge in [0.25, 0.3) is 5.69 Å². The molecule has 6 nitrogen and oxygen atoms in total. The third kappa shape index (κ3) is 3.17. The van der Waals surface area contributed by atoms with E-state index in [0.717, 1.165) is 18.7 Å². The second kappa shape index (κ2) is 6.62. The fraction of sp³-hybridized carbons (Fsp3) is 0.538. The van der Waals surface area contributed by atoms with E-state index in [1.165, 1.54) is 6.07 Å². The highest BCUT2D eigenvalue weighted by atomic mass is 79.9. The van der Waals surface area contributed by atoms with Gasteiger partial charge in [-0.15, -0.1) is 0 Å². The summed E-state index contributed by atoms with van der Waals surface area (Å²) in [5.74, 6) is 0. The molecule has 2 unspecified atom stereocenters. The summed E-state index contributed by atoms with van der Waals surface area (Å²) in [5.41, 5.74) is 0.985. The lowest BCUT2D eigenvalue weighted by Crippen LogP contribution is -2.27. The molecule has 7 heteroatoms. The molecule has 1 aliphatic heterocycles. The largest absolute Gasteiger partial charge is 0.377 e. The van der Waals surface area contributed by atoms with Crippen LogP contribution in [-0.2, 0) is 16.0 Å². The molecule has 0 N–H and O–H groups in total. The Hall–Kier alpha value is -1.02. The van der Waals surface area contributed by atoms with E-state index in [1.54, 1.807) is 20.3 Å². The number of hydrogen-bond acceptors (Lipinski definition) is 5. The van der Waals surface area contributed by atoms with Crippen molar-refractivity contribution >= 4 is 21.6 Å². The van der Waals surface area contributed by atoms with E-state index in [-0.39, 0.29) is 22.8 Å². The van der Waals surface area contributed by atoms with Crippen molar-refractivity contribution in [3.05, 3.63) is 38.3 Å². The lowest BCUT2D eigenvalue weighted by Gasteiger charge is -2.16. The fourth-order valence-corrected chi connectivity index (χ4v) is 3.01. The molecule has 1 saturated heterocycles. The number of rotatable bonds is 5. The zero-order valence-electron chi connectivity index (χ0n) is 11.4. The zero-order valence-corrected chi connectivity index (χ0v) is 13.0. The van der Waals surface area contributed by atoms with E-state index < -0.39 is 0 Å². The molecule has 2 rings (SSSR count). The molecule has 0 saturated carbocycles. The minimum Gasteiger partial charge on any atom is -0.377 e. The summed E-state index contributed by atoms with van der Waals surface area (Å²) in [6.07, 6.45) is 0.0787. The van der Waals surface area contributed by atoms with Gasteiger partial charge in [0, 0.05) is 39.9 Å². The van der Waals surface area contributed by atoms with Crippen LogP contribution in [0.4, 0.5) is 5.69 Å². The van der Waals surface area contributed by atoms with Crippen LogP contribution in [0.5, 0.6) is 0 Å². The number of nitro groups is 1. The first kappa shape index (κ1) is 15.4. The summed E-state index contributed by atoms with van der Waals surface area (Å²) in [7, 11) is 3.34. The number of hydrogen-bond donors (Lipinski definition) is 0. The van der Waals surface area contributed by atoms with Gasteiger partial charge in [-0.05, 0) is 21.5 Å². The van der Waals surface area contributed by atoms with Crippen LogP contribution in [0.15, 0.2) is 22.7 Å². The Kier molecular flexibility index (Phi) is 5.09. The van der Waals surface area contributed by atoms with E-state index in [2.05, 4.69) is 20.8 Å². The topological polar surface area (TPSA) is 64.8 Å². The van der Waals surface area contributed by atoms with Crippen molar-refractivity contribution in [2.24, 2.45) is 0 Å². The Bertz CT molecular complexity index is 485. The Morgan fingerprint density at radius 3 is 2.45 bits per heavy atom. The Morgan fingerprint density at radius 2 is 1.95 bits per heavy atom. The molecule has 0 radical (unpaired) electrons. The van der Waals surface area contributed by atoms with Gasteiger partial charge in [0.1, 0.15) is 0 Å². The van der Waals surface area contributed by atoms with E-state index in [0.29, 0.717) is 11.0 Å². The van der Waals surface area contributed by atoms with Crippen molar-refractivity contribution in [3.63, 3.8) is 0 Å². The molecule has 1 aromatic carbocycles. The van der Waals surface area contributed by atoms with E-state index in [4.69, 9.17) is 9.47 Å². The van der Waals surface area contributed by atoms with Crippen LogP contribution in [-0.4, -0.2) is 49.3 Å². The molecule has 0 amide bonds. The maximum Gasteiger partial charge on any atom is 0.283 e. The van der Waals surface area contributed by atoms with Crippen molar-refractivity contribution in [2.45, 2.75) is 18.8 Å². The fourth-order valence-electron chi connectivity index (χ4n) is 2.47. The van der Waals surface area contributed by atoms with Gasteiger partial charge in [0.2, 0.25) is 0 Å². The normalized spacial score (nSPS) is 23.1. The Morgan fingerprint density at radius 1 is 1.35 bits per heavy atom. The summed E-state index contributed by atoms with van der Waals surface area (Å²) in [6.45, 7) is 2.14. The quantitative estimate of drug-likeness (QED) is 0.605. The first-order valence-electron chi connectivity index (χ1n) is 6.26. The number of likely N-dealkylation sites (tertiary alicyclic amines) is 1. The number of methoxy groups -OCH3 is 2. The van der Waals surface area contributed by atoms with E-state index in [1.807, 2.05) is 6.07 Å². The molecule has 2 atom stereocenters. The predicted octanol–water partition coefficient (Wildman–Crippen LogP) is 2.20. The molecule has 20 heavy (non-hydrogen) atoms. The summed E-state index contributed by atoms with van der Waals surface area (Å²) >= 11 is 3.32. The standard InChI is InChI=1S/C13H17BrN2O4/c1-19-11-7-15(8-12(11)20-2)6-9-4-3-5-10(13(9)14)16(17)18/h3-5,11-12H,6-8H2,1-2H3. The molecule has 1 aromatic rings. The summed E-state index contributed by atoms with van der Waals surface area (Å²) in [6, 6.07) is 5.09. The van der Waals surface area contributed by atoms with Crippen LogP contribution >= 0.6 is 15.9 Å². The highest BCUT2D eigenvalue weighted by molar-refractivity contribution is 9.10. The van der Waals surface area contributed by atoms with Crippen LogP contribution in [0.3, 0.4) is 0 Å². The number of benzene rings is 1. The molecule has 110 valence electrons. The van der Waals surface area contributed by atoms with Gasteiger partial charge in [-0.25, -0.2) is 0 Å². The molecule has 0 bridgehead atoms. The first-order chi connectivity index (χ1) is 9.56. The number of nitrogens with zero attached hydrogens (tertiary/aromatic N) is 2. The number of halogens is 1. The van der Waals surface area contributed by atoms with Gasteiger partial charge >= 0.3 is 0 Å². The van der Waals surface area contributed by atoms with E-state index in [9.17, 15) is 10.1 Å². The van der Waals surface area contributed by atoms with Gasteiger partial charge in [-0.2, -0.15) is 0 Å². The second-order valence-corrected chi connectivity index (χ2v) is 5.54. The minimum absolute atomic E-state index is 0.0393. The first-order valence-corrected chi connectivity index (χ1v) is 7.05. The van der Waals surface area contributed by atoms with Crippen molar-refractivity contribution in [1.29, 1.82) is 0 Å². The minimum atomic E-state index is -0.381. The zero-order chi connectivity index (χ0) is 14.7. The van der Waals surface area contributed by atoms with Crippen LogP contribution in [0, 0.1) is 10.1 Å². The lowest BCUT2D eigenvalue weighted by atomic mass is 10.2. The molecular formula is C13H17BrN2O4. The maximum atomic E-state index is 10.9. The summed E-state index contributed by atoms with van der Waals surface area (Å²) < 4.78 is 11.3. The van der Waals surface area contributed by atoms with Crippen molar-refractivity contribution in [2.75, 3.05) is 27.3 Å². The van der Waals surface area contributed by atoms with Crippen LogP contribution < -0.4 is 0 Å². The molecule has 0 aromatic heterocycles. The van der Waals surface area contributed by atoms with Gasteiger partial charge in [0.15, 0.2) is 0 Å². The molecule has 0 spiro atoms. The van der Waals surface area contributed by atoms with Crippen LogP contribution in [0.2, 0.25) is 0 Å². The highest BCUT2D eigenvalue weighted by Crippen LogP contribution is 2.30. The average Bonchev–Trinajstić information content (AvgIpc) is 2.83. The Labute approximate surface area is 125 Å². The van der Waals surface area contributed by atoms with Gasteiger partial charge < -0.3 is 9.47 Å². The molecule has 1 aliphatic rings. The lowest BCUT2D eigenvalue weighted by molar-refractivity contribution is -0.385. The summed E-state index contributed by atoms with van der Waals surface area (Å²) in [5, 5.41) is 10.9. The molecule has 1 fully saturated rings. The van der Waals surface area contributed by atoms with Crippen molar-refractivity contribution in [3.8, 4) is 0 Å². The smallest absolute Gasteiger partial charge is 0.283 e. The van der Waals surface area contributed by atoms with Crippen LogP contribution in [0.1, 0.15) is 5.56 Å². The third-order valence-electron chi connectivity index (χ3n) is 3.55. The predicted molar refractivity (Wildman–Crippen MR) is 77.7 cm³/mol. The Balaban J connectivity index is 2.12. The highest BCUT2D eigenvalue weighted by Gasteiger charge is 2.33. The van der Waals surface area contributed by atoms with Gasteiger partial charge in [-0.3, -0.25) is 15.0 Å². The molecule has 1 heterocycles. The van der Waals surface area contributed by atoms with Gasteiger partial charge in [0.05, 0.1) is 21.6 Å². The van der Waals surface area contributed by atoms with Crippen molar-refractivity contribution in [1.82, 2.24) is 4.90 Å². The average molecular weight is 345 g/mol. The van der Waals surface area contributed by atoms with E-state index >= 15 is 0 Å². The SMILES string of the molecule is COC1CN(Cc2cccc([N+](=O)[O-])c2Br)CC1OC. The molecular weight excluding hydrogens is 328 g/mol. The second-order valence-electron chi connectivity index (χ2n) is 4.75. The maximum absolute atomic E-state index is 10.9. The van der Waals surface area contributed by atoms with Crippen molar-refractivity contribution < 1.29 is 14.4 Å². The van der Waals surface area contributed by atoms with Crippen LogP contribution in [0.25, 0.3) is 0 Å².